The van der Waals surface area contributed by atoms with Gasteiger partial charge in [-0.3, -0.25) is 9.36 Å². The molecule has 1 atom stereocenters. The van der Waals surface area contributed by atoms with E-state index in [0.29, 0.717) is 26.2 Å². The molecule has 150 valence electrons. The average Bonchev–Trinajstić information content (AvgIpc) is 3.28. The highest BCUT2D eigenvalue weighted by Crippen LogP contribution is 2.17. The molecule has 29 heavy (non-hydrogen) atoms. The zero-order valence-corrected chi connectivity index (χ0v) is 16.6. The third kappa shape index (κ3) is 4.37. The lowest BCUT2D eigenvalue weighted by molar-refractivity contribution is -0.138. The van der Waals surface area contributed by atoms with Crippen LogP contribution in [0.25, 0.3) is 5.82 Å². The largest absolute Gasteiger partial charge is 0.481 e. The number of benzene rings is 1. The van der Waals surface area contributed by atoms with Gasteiger partial charge in [0.1, 0.15) is 12.1 Å². The second-order valence-electron chi connectivity index (χ2n) is 7.11. The highest BCUT2D eigenvalue weighted by molar-refractivity contribution is 5.81. The van der Waals surface area contributed by atoms with Gasteiger partial charge < -0.3 is 14.5 Å². The first-order chi connectivity index (χ1) is 14.1. The molecule has 1 amide bonds. The molecule has 0 spiro atoms. The summed E-state index contributed by atoms with van der Waals surface area (Å²) in [6, 6.07) is 11.6. The second kappa shape index (κ2) is 8.30. The molecule has 8 nitrogen and oxygen atoms in total. The number of aromatic nitrogens is 4. The van der Waals surface area contributed by atoms with E-state index in [0.717, 1.165) is 22.9 Å². The summed E-state index contributed by atoms with van der Waals surface area (Å²) in [6.07, 6.45) is 4.70. The number of nitrogens with zero attached hydrogens (tertiary/aromatic N) is 6. The number of carbonyl (C=O) groups is 1. The van der Waals surface area contributed by atoms with Crippen LogP contribution < -0.4 is 9.64 Å². The molecule has 8 heteroatoms. The lowest BCUT2D eigenvalue weighted by atomic mass is 10.2. The molecule has 1 saturated heterocycles. The molecule has 0 bridgehead atoms. The Balaban J connectivity index is 1.32. The van der Waals surface area contributed by atoms with Crippen molar-refractivity contribution >= 4 is 11.7 Å². The van der Waals surface area contributed by atoms with Gasteiger partial charge in [0.05, 0.1) is 0 Å². The third-order valence-corrected chi connectivity index (χ3v) is 4.97. The quantitative estimate of drug-likeness (QED) is 0.662. The molecule has 3 heterocycles. The highest BCUT2D eigenvalue weighted by Gasteiger charge is 2.26. The average molecular weight is 392 g/mol. The zero-order valence-electron chi connectivity index (χ0n) is 16.6. The molecule has 1 fully saturated rings. The van der Waals surface area contributed by atoms with Crippen molar-refractivity contribution < 1.29 is 9.53 Å². The van der Waals surface area contributed by atoms with E-state index in [1.165, 1.54) is 0 Å². The van der Waals surface area contributed by atoms with E-state index in [2.05, 4.69) is 20.1 Å². The Labute approximate surface area is 169 Å². The number of ether oxygens (including phenoxy) is 1. The molecule has 0 N–H and O–H groups in total. The number of amides is 1. The fourth-order valence-electron chi connectivity index (χ4n) is 3.38. The number of rotatable bonds is 5. The summed E-state index contributed by atoms with van der Waals surface area (Å²) in [6.45, 7) is 6.49. The van der Waals surface area contributed by atoms with Crippen LogP contribution in [0.3, 0.4) is 0 Å². The first-order valence-corrected chi connectivity index (χ1v) is 9.69. The normalized spacial score (nSPS) is 15.2. The SMILES string of the molecule is Cc1cccc(O[C@@H](C)C(=O)N2CCN(c3ccc(-n4ccnc4)nn3)CC2)c1. The van der Waals surface area contributed by atoms with E-state index in [1.54, 1.807) is 19.4 Å². The summed E-state index contributed by atoms with van der Waals surface area (Å²) in [5, 5.41) is 8.59. The minimum Gasteiger partial charge on any atom is -0.481 e. The van der Waals surface area contributed by atoms with Crippen molar-refractivity contribution in [3.05, 3.63) is 60.7 Å². The van der Waals surface area contributed by atoms with Crippen molar-refractivity contribution in [2.24, 2.45) is 0 Å². The fraction of sp³-hybridized carbons (Fsp3) is 0.333. The standard InChI is InChI=1S/C21H24N6O2/c1-16-4-3-5-18(14-16)29-17(2)21(28)26-12-10-25(11-13-26)19-6-7-20(24-23-19)27-9-8-22-15-27/h3-9,14-15,17H,10-13H2,1-2H3/t17-/m0/s1. The molecule has 1 aliphatic heterocycles. The van der Waals surface area contributed by atoms with E-state index in [4.69, 9.17) is 4.74 Å². The molecular weight excluding hydrogens is 368 g/mol. The Bertz CT molecular complexity index is 950. The van der Waals surface area contributed by atoms with Crippen molar-refractivity contribution in [2.75, 3.05) is 31.1 Å². The smallest absolute Gasteiger partial charge is 0.263 e. The lowest BCUT2D eigenvalue weighted by Gasteiger charge is -2.36. The lowest BCUT2D eigenvalue weighted by Crippen LogP contribution is -2.52. The van der Waals surface area contributed by atoms with Crippen LogP contribution in [0.4, 0.5) is 5.82 Å². The number of hydrogen-bond donors (Lipinski definition) is 0. The van der Waals surface area contributed by atoms with Gasteiger partial charge in [-0.15, -0.1) is 10.2 Å². The van der Waals surface area contributed by atoms with Crippen LogP contribution in [0.1, 0.15) is 12.5 Å². The topological polar surface area (TPSA) is 76.4 Å². The summed E-state index contributed by atoms with van der Waals surface area (Å²) in [5.74, 6) is 2.26. The van der Waals surface area contributed by atoms with Crippen LogP contribution in [0.5, 0.6) is 5.75 Å². The van der Waals surface area contributed by atoms with Crippen LogP contribution >= 0.6 is 0 Å². The van der Waals surface area contributed by atoms with Crippen LogP contribution in [0, 0.1) is 6.92 Å². The molecule has 0 radical (unpaired) electrons. The summed E-state index contributed by atoms with van der Waals surface area (Å²) in [4.78, 5) is 20.8. The molecule has 0 aliphatic carbocycles. The van der Waals surface area contributed by atoms with Crippen molar-refractivity contribution in [3.8, 4) is 11.6 Å². The fourth-order valence-corrected chi connectivity index (χ4v) is 3.38. The zero-order chi connectivity index (χ0) is 20.2. The van der Waals surface area contributed by atoms with Crippen molar-refractivity contribution in [2.45, 2.75) is 20.0 Å². The monoisotopic (exact) mass is 392 g/mol. The maximum atomic E-state index is 12.8. The van der Waals surface area contributed by atoms with E-state index < -0.39 is 6.10 Å². The number of carbonyl (C=O) groups excluding carboxylic acids is 1. The number of imidazole rings is 1. The molecule has 2 aromatic heterocycles. The van der Waals surface area contributed by atoms with Crippen molar-refractivity contribution in [1.29, 1.82) is 0 Å². The van der Waals surface area contributed by atoms with Crippen molar-refractivity contribution in [3.63, 3.8) is 0 Å². The minimum atomic E-state index is -0.516. The molecular formula is C21H24N6O2. The Kier molecular flexibility index (Phi) is 5.41. The number of piperazine rings is 1. The van der Waals surface area contributed by atoms with E-state index >= 15 is 0 Å². The van der Waals surface area contributed by atoms with Gasteiger partial charge in [-0.25, -0.2) is 4.98 Å². The van der Waals surface area contributed by atoms with Crippen LogP contribution in [0.15, 0.2) is 55.1 Å². The van der Waals surface area contributed by atoms with E-state index in [-0.39, 0.29) is 5.91 Å². The maximum absolute atomic E-state index is 12.8. The van der Waals surface area contributed by atoms with E-state index in [1.807, 2.05) is 59.0 Å². The molecule has 4 rings (SSSR count). The van der Waals surface area contributed by atoms with Crippen molar-refractivity contribution in [1.82, 2.24) is 24.6 Å². The molecule has 3 aromatic rings. The van der Waals surface area contributed by atoms with Gasteiger partial charge in [0, 0.05) is 38.6 Å². The van der Waals surface area contributed by atoms with Gasteiger partial charge in [0.25, 0.3) is 5.91 Å². The van der Waals surface area contributed by atoms with Gasteiger partial charge >= 0.3 is 0 Å². The number of aryl methyl sites for hydroxylation is 1. The third-order valence-electron chi connectivity index (χ3n) is 4.97. The Morgan fingerprint density at radius 1 is 1.07 bits per heavy atom. The van der Waals surface area contributed by atoms with Gasteiger partial charge in [-0.05, 0) is 43.7 Å². The van der Waals surface area contributed by atoms with Gasteiger partial charge in [0.15, 0.2) is 17.7 Å². The second-order valence-corrected chi connectivity index (χ2v) is 7.11. The summed E-state index contributed by atoms with van der Waals surface area (Å²) in [7, 11) is 0. The Morgan fingerprint density at radius 2 is 1.83 bits per heavy atom. The minimum absolute atomic E-state index is 0.00713. The van der Waals surface area contributed by atoms with Crippen LogP contribution in [0.2, 0.25) is 0 Å². The molecule has 0 saturated carbocycles. The predicted octanol–water partition coefficient (Wildman–Crippen LogP) is 2.09. The van der Waals surface area contributed by atoms with Crippen LogP contribution in [-0.2, 0) is 4.79 Å². The maximum Gasteiger partial charge on any atom is 0.263 e. The Hall–Kier alpha value is -3.42. The van der Waals surface area contributed by atoms with Gasteiger partial charge in [-0.1, -0.05) is 12.1 Å². The highest BCUT2D eigenvalue weighted by atomic mass is 16.5. The molecule has 1 aliphatic rings. The predicted molar refractivity (Wildman–Crippen MR) is 109 cm³/mol. The van der Waals surface area contributed by atoms with Gasteiger partial charge in [0.2, 0.25) is 0 Å². The van der Waals surface area contributed by atoms with E-state index in [9.17, 15) is 4.79 Å². The summed E-state index contributed by atoms with van der Waals surface area (Å²) in [5.41, 5.74) is 1.11. The summed E-state index contributed by atoms with van der Waals surface area (Å²) < 4.78 is 7.64. The number of anilines is 1. The summed E-state index contributed by atoms with van der Waals surface area (Å²) >= 11 is 0. The van der Waals surface area contributed by atoms with Crippen LogP contribution in [-0.4, -0.2) is 62.8 Å². The molecule has 1 aromatic carbocycles. The first-order valence-electron chi connectivity index (χ1n) is 9.69. The molecule has 0 unspecified atom stereocenters. The van der Waals surface area contributed by atoms with Gasteiger partial charge in [-0.2, -0.15) is 0 Å². The first kappa shape index (κ1) is 18.9. The Morgan fingerprint density at radius 3 is 2.48 bits per heavy atom. The number of hydrogen-bond acceptors (Lipinski definition) is 6.